The molecule has 0 unspecified atom stereocenters. The summed E-state index contributed by atoms with van der Waals surface area (Å²) in [6.07, 6.45) is 2.26. The number of nitrogens with two attached hydrogens (primary N) is 1. The van der Waals surface area contributed by atoms with Gasteiger partial charge in [-0.1, -0.05) is 0 Å². The molecule has 0 fully saturated rings. The molecule has 0 atom stereocenters. The Hall–Kier alpha value is -2.03. The van der Waals surface area contributed by atoms with Crippen molar-refractivity contribution in [3.8, 4) is 0 Å². The van der Waals surface area contributed by atoms with Gasteiger partial charge in [0, 0.05) is 23.2 Å². The number of fused-ring (bicyclic) bond motifs is 1. The number of likely N-dealkylation sites (N-methyl/N-ethyl adjacent to an activating group) is 1. The Bertz CT molecular complexity index is 666. The smallest absolute Gasteiger partial charge is 0.308 e. The van der Waals surface area contributed by atoms with Crippen LogP contribution in [0, 0.1) is 5.41 Å². The van der Waals surface area contributed by atoms with Crippen molar-refractivity contribution in [2.24, 2.45) is 0 Å². The summed E-state index contributed by atoms with van der Waals surface area (Å²) in [6.45, 7) is 5.35. The summed E-state index contributed by atoms with van der Waals surface area (Å²) >= 11 is 1.29. The van der Waals surface area contributed by atoms with Crippen LogP contribution in [0.1, 0.15) is 34.0 Å². The van der Waals surface area contributed by atoms with Crippen LogP contribution < -0.4 is 10.8 Å². The van der Waals surface area contributed by atoms with Gasteiger partial charge < -0.3 is 15.6 Å². The van der Waals surface area contributed by atoms with E-state index < -0.39 is 5.91 Å². The molecule has 0 bridgehead atoms. The average Bonchev–Trinajstić information content (AvgIpc) is 2.95. The highest BCUT2D eigenvalue weighted by Crippen LogP contribution is 2.28. The molecule has 2 heterocycles. The topological polar surface area (TPSA) is 110 Å². The number of nitrogens with zero attached hydrogens (tertiary/aromatic N) is 1. The molecule has 0 saturated carbocycles. The number of hydrogen-bond acceptors (Lipinski definition) is 5. The summed E-state index contributed by atoms with van der Waals surface area (Å²) in [5, 5.41) is 18.1. The zero-order valence-corrected chi connectivity index (χ0v) is 14.0. The number of carbonyl (C=O) groups excluding carboxylic acids is 2. The van der Waals surface area contributed by atoms with Crippen LogP contribution in [0.15, 0.2) is 17.8 Å². The van der Waals surface area contributed by atoms with E-state index in [0.29, 0.717) is 35.8 Å². The van der Waals surface area contributed by atoms with Gasteiger partial charge in [0.15, 0.2) is 5.70 Å². The van der Waals surface area contributed by atoms with Gasteiger partial charge in [0.25, 0.3) is 5.91 Å². The lowest BCUT2D eigenvalue weighted by molar-refractivity contribution is -0.597. The lowest BCUT2D eigenvalue weighted by Gasteiger charge is -2.26. The summed E-state index contributed by atoms with van der Waals surface area (Å²) in [5.41, 5.74) is 3.56. The average molecular weight is 337 g/mol. The molecule has 2 rings (SSSR count). The van der Waals surface area contributed by atoms with Gasteiger partial charge >= 0.3 is 5.91 Å². The second-order valence-corrected chi connectivity index (χ2v) is 6.51. The van der Waals surface area contributed by atoms with Gasteiger partial charge in [-0.3, -0.25) is 14.8 Å². The highest BCUT2D eigenvalue weighted by atomic mass is 32.1. The Morgan fingerprint density at radius 2 is 2.30 bits per heavy atom. The number of rotatable bonds is 5. The molecule has 0 spiro atoms. The molecule has 8 heteroatoms. The van der Waals surface area contributed by atoms with Crippen molar-refractivity contribution < 1.29 is 20.1 Å². The van der Waals surface area contributed by atoms with Crippen molar-refractivity contribution in [3.63, 3.8) is 0 Å². The first-order valence-corrected chi connectivity index (χ1v) is 8.23. The predicted octanol–water partition coefficient (Wildman–Crippen LogP) is 0.259. The van der Waals surface area contributed by atoms with Crippen LogP contribution in [-0.2, 0) is 17.8 Å². The highest BCUT2D eigenvalue weighted by Gasteiger charge is 2.27. The molecule has 23 heavy (non-hydrogen) atoms. The van der Waals surface area contributed by atoms with Crippen molar-refractivity contribution in [2.75, 3.05) is 13.1 Å². The van der Waals surface area contributed by atoms with Gasteiger partial charge in [0.2, 0.25) is 0 Å². The molecular formula is C15H21N4O3S+. The molecule has 7 nitrogen and oxygen atoms in total. The van der Waals surface area contributed by atoms with E-state index in [1.165, 1.54) is 11.3 Å². The molecule has 1 aliphatic heterocycles. The van der Waals surface area contributed by atoms with Gasteiger partial charge in [0.05, 0.1) is 18.0 Å². The van der Waals surface area contributed by atoms with Crippen molar-refractivity contribution in [2.45, 2.75) is 26.8 Å². The Balaban J connectivity index is 2.17. The number of thiophene rings is 1. The maximum absolute atomic E-state index is 12.6. The first-order chi connectivity index (χ1) is 11.0. The van der Waals surface area contributed by atoms with E-state index in [1.54, 1.807) is 29.4 Å². The van der Waals surface area contributed by atoms with Crippen LogP contribution in [-0.4, -0.2) is 40.7 Å². The van der Waals surface area contributed by atoms with Crippen LogP contribution in [0.4, 0.5) is 0 Å². The second-order valence-electron chi connectivity index (χ2n) is 5.37. The molecule has 0 radical (unpaired) electrons. The van der Waals surface area contributed by atoms with E-state index in [1.807, 2.05) is 12.2 Å². The number of hydrogen-bond donors (Lipinski definition) is 4. The number of amides is 2. The highest BCUT2D eigenvalue weighted by molar-refractivity contribution is 7.14. The third-order valence-electron chi connectivity index (χ3n) is 3.54. The Kier molecular flexibility index (Phi) is 5.64. The molecular weight excluding hydrogens is 316 g/mol. The zero-order chi connectivity index (χ0) is 17.0. The number of quaternary nitrogens is 1. The first kappa shape index (κ1) is 17.3. The van der Waals surface area contributed by atoms with Crippen molar-refractivity contribution in [1.82, 2.24) is 10.4 Å². The maximum atomic E-state index is 12.6. The van der Waals surface area contributed by atoms with Crippen LogP contribution >= 0.6 is 11.3 Å². The molecule has 124 valence electrons. The minimum absolute atomic E-state index is 0.0920. The summed E-state index contributed by atoms with van der Waals surface area (Å²) in [4.78, 5) is 27.3. The van der Waals surface area contributed by atoms with E-state index in [9.17, 15) is 9.59 Å². The Morgan fingerprint density at radius 1 is 1.57 bits per heavy atom. The number of hydroxylamine groups is 1. The molecule has 1 aromatic rings. The van der Waals surface area contributed by atoms with Gasteiger partial charge in [0.1, 0.15) is 0 Å². The summed E-state index contributed by atoms with van der Waals surface area (Å²) in [5.74, 6) is -0.618. The molecule has 0 saturated heterocycles. The third kappa shape index (κ3) is 4.04. The summed E-state index contributed by atoms with van der Waals surface area (Å²) in [7, 11) is 0. The SMILES string of the molecule is CC[NH2+]/C(=C\C(C)=N)C(=O)N1CCc2cc(C(=O)NO)sc2C1. The van der Waals surface area contributed by atoms with Crippen molar-refractivity contribution in [3.05, 3.63) is 33.2 Å². The van der Waals surface area contributed by atoms with E-state index in [2.05, 4.69) is 0 Å². The van der Waals surface area contributed by atoms with Gasteiger partial charge in [-0.2, -0.15) is 0 Å². The lowest BCUT2D eigenvalue weighted by atomic mass is 10.1. The normalized spacial score (nSPS) is 14.4. The molecule has 0 aromatic carbocycles. The third-order valence-corrected chi connectivity index (χ3v) is 4.70. The molecule has 2 amide bonds. The van der Waals surface area contributed by atoms with E-state index >= 15 is 0 Å². The van der Waals surface area contributed by atoms with Crippen LogP contribution in [0.25, 0.3) is 0 Å². The standard InChI is InChI=1S/C15H20N4O3S/c1-3-17-11(6-9(2)16)15(21)19-5-4-10-7-12(14(20)18-22)23-13(10)8-19/h6-7,16-17,22H,3-5,8H2,1-2H3,(H,18,20)/p+1/b11-6-,16-9?. The Labute approximate surface area is 138 Å². The fraction of sp³-hybridized carbons (Fsp3) is 0.400. The van der Waals surface area contributed by atoms with Crippen molar-refractivity contribution >= 4 is 28.9 Å². The quantitative estimate of drug-likeness (QED) is 0.268. The first-order valence-electron chi connectivity index (χ1n) is 7.41. The molecule has 1 aromatic heterocycles. The molecule has 5 N–H and O–H groups in total. The summed E-state index contributed by atoms with van der Waals surface area (Å²) in [6, 6.07) is 1.77. The van der Waals surface area contributed by atoms with Crippen LogP contribution in [0.3, 0.4) is 0 Å². The summed E-state index contributed by atoms with van der Waals surface area (Å²) < 4.78 is 0. The lowest BCUT2D eigenvalue weighted by Crippen LogP contribution is -2.83. The fourth-order valence-corrected chi connectivity index (χ4v) is 3.62. The van der Waals surface area contributed by atoms with Crippen molar-refractivity contribution in [1.29, 1.82) is 5.41 Å². The molecule has 1 aliphatic rings. The largest absolute Gasteiger partial charge is 0.329 e. The van der Waals surface area contributed by atoms with E-state index in [-0.39, 0.29) is 5.91 Å². The maximum Gasteiger partial charge on any atom is 0.308 e. The fourth-order valence-electron chi connectivity index (χ4n) is 2.50. The number of nitrogens with one attached hydrogen (secondary N) is 2. The number of allylic oxidation sites excluding steroid dienone is 1. The van der Waals surface area contributed by atoms with Gasteiger partial charge in [-0.05, 0) is 31.9 Å². The second kappa shape index (κ2) is 7.49. The Morgan fingerprint density at radius 3 is 2.91 bits per heavy atom. The minimum Gasteiger partial charge on any atom is -0.329 e. The number of carbonyl (C=O) groups is 2. The monoisotopic (exact) mass is 337 g/mol. The zero-order valence-electron chi connectivity index (χ0n) is 13.2. The molecule has 0 aliphatic carbocycles. The van der Waals surface area contributed by atoms with Crippen LogP contribution in [0.2, 0.25) is 0 Å². The van der Waals surface area contributed by atoms with Gasteiger partial charge in [-0.15, -0.1) is 11.3 Å². The van der Waals surface area contributed by atoms with E-state index in [4.69, 9.17) is 10.6 Å². The van der Waals surface area contributed by atoms with Crippen LogP contribution in [0.5, 0.6) is 0 Å². The predicted molar refractivity (Wildman–Crippen MR) is 86.6 cm³/mol. The van der Waals surface area contributed by atoms with E-state index in [0.717, 1.165) is 17.0 Å². The van der Waals surface area contributed by atoms with Gasteiger partial charge in [-0.25, -0.2) is 5.48 Å². The minimum atomic E-state index is -0.526.